The quantitative estimate of drug-likeness (QED) is 0.130. The lowest BCUT2D eigenvalue weighted by atomic mass is 9.84. The number of esters is 1. The molecule has 0 spiro atoms. The summed E-state index contributed by atoms with van der Waals surface area (Å²) >= 11 is 0. The van der Waals surface area contributed by atoms with Crippen molar-refractivity contribution in [3.8, 4) is 0 Å². The number of hydrogen-bond donors (Lipinski definition) is 0. The molecule has 4 rings (SSSR count). The van der Waals surface area contributed by atoms with Crippen molar-refractivity contribution in [3.63, 3.8) is 0 Å². The first kappa shape index (κ1) is 33.6. The van der Waals surface area contributed by atoms with Gasteiger partial charge in [0.1, 0.15) is 12.7 Å². The lowest BCUT2D eigenvalue weighted by molar-refractivity contribution is -0.149. The Kier molecular flexibility index (Phi) is 12.7. The van der Waals surface area contributed by atoms with E-state index in [9.17, 15) is 9.59 Å². The first-order valence-corrected chi connectivity index (χ1v) is 16.3. The standard InChI is InChI=1S/C38H50N2O4/c1-5-39(6-2)28-29-43-37(42)38(3,4)33-21-19-30(20-22-33)35(41)18-13-25-40-26-23-34(24-27-40)44-36(31-14-9-7-10-15-31)32-16-11-8-12-17-32/h7-12,14-17,19-22,34,36H,5-6,13,18,23-29H2,1-4H3. The fourth-order valence-electron chi connectivity index (χ4n) is 5.85. The molecule has 0 saturated carbocycles. The number of carbonyl (C=O) groups is 2. The van der Waals surface area contributed by atoms with E-state index in [0.29, 0.717) is 18.6 Å². The van der Waals surface area contributed by atoms with Crippen molar-refractivity contribution in [1.82, 2.24) is 9.80 Å². The summed E-state index contributed by atoms with van der Waals surface area (Å²) in [6, 6.07) is 28.4. The zero-order valence-electron chi connectivity index (χ0n) is 27.0. The van der Waals surface area contributed by atoms with Crippen LogP contribution in [0.4, 0.5) is 0 Å². The number of carbonyl (C=O) groups excluding carboxylic acids is 2. The molecule has 0 radical (unpaired) electrons. The van der Waals surface area contributed by atoms with Gasteiger partial charge in [-0.15, -0.1) is 0 Å². The first-order valence-electron chi connectivity index (χ1n) is 16.3. The summed E-state index contributed by atoms with van der Waals surface area (Å²) in [6.07, 6.45) is 3.45. The highest BCUT2D eigenvalue weighted by Gasteiger charge is 2.32. The largest absolute Gasteiger partial charge is 0.464 e. The lowest BCUT2D eigenvalue weighted by Gasteiger charge is -2.34. The zero-order chi connectivity index (χ0) is 31.4. The summed E-state index contributed by atoms with van der Waals surface area (Å²) in [5, 5.41) is 0. The second-order valence-electron chi connectivity index (χ2n) is 12.3. The molecule has 1 saturated heterocycles. The number of ketones is 1. The van der Waals surface area contributed by atoms with Crippen LogP contribution in [-0.4, -0.2) is 73.5 Å². The van der Waals surface area contributed by atoms with E-state index in [4.69, 9.17) is 9.47 Å². The third-order valence-electron chi connectivity index (χ3n) is 8.92. The molecule has 236 valence electrons. The van der Waals surface area contributed by atoms with E-state index in [1.54, 1.807) is 0 Å². The molecular weight excluding hydrogens is 548 g/mol. The number of Topliss-reactive ketones (excluding diaryl/α,β-unsaturated/α-hetero) is 1. The van der Waals surface area contributed by atoms with Crippen LogP contribution in [0, 0.1) is 0 Å². The normalized spacial score (nSPS) is 14.7. The molecule has 0 aromatic heterocycles. The average Bonchev–Trinajstić information content (AvgIpc) is 3.07. The smallest absolute Gasteiger partial charge is 0.316 e. The Hall–Kier alpha value is -3.32. The summed E-state index contributed by atoms with van der Waals surface area (Å²) in [6.45, 7) is 13.8. The first-order chi connectivity index (χ1) is 21.3. The van der Waals surface area contributed by atoms with Gasteiger partial charge in [0.25, 0.3) is 0 Å². The van der Waals surface area contributed by atoms with Gasteiger partial charge >= 0.3 is 5.97 Å². The predicted molar refractivity (Wildman–Crippen MR) is 177 cm³/mol. The van der Waals surface area contributed by atoms with Crippen molar-refractivity contribution in [3.05, 3.63) is 107 Å². The van der Waals surface area contributed by atoms with Gasteiger partial charge in [0.05, 0.1) is 11.5 Å². The third-order valence-corrected chi connectivity index (χ3v) is 8.92. The van der Waals surface area contributed by atoms with Gasteiger partial charge in [-0.25, -0.2) is 0 Å². The van der Waals surface area contributed by atoms with Crippen LogP contribution < -0.4 is 0 Å². The molecule has 1 fully saturated rings. The zero-order valence-corrected chi connectivity index (χ0v) is 27.0. The SMILES string of the molecule is CCN(CC)CCOC(=O)C(C)(C)c1ccc(C(=O)CCCN2CCC(OC(c3ccccc3)c3ccccc3)CC2)cc1. The second kappa shape index (κ2) is 16.7. The monoisotopic (exact) mass is 598 g/mol. The van der Waals surface area contributed by atoms with E-state index in [1.165, 1.54) is 11.1 Å². The minimum atomic E-state index is -0.775. The highest BCUT2D eigenvalue weighted by Crippen LogP contribution is 2.30. The summed E-state index contributed by atoms with van der Waals surface area (Å²) in [5.41, 5.74) is 3.14. The highest BCUT2D eigenvalue weighted by molar-refractivity contribution is 5.96. The molecule has 1 aliphatic rings. The molecule has 6 nitrogen and oxygen atoms in total. The Labute approximate surface area is 264 Å². The van der Waals surface area contributed by atoms with Crippen LogP contribution in [0.5, 0.6) is 0 Å². The highest BCUT2D eigenvalue weighted by atomic mass is 16.5. The number of likely N-dealkylation sites (N-methyl/N-ethyl adjacent to an activating group) is 1. The van der Waals surface area contributed by atoms with Gasteiger partial charge in [0, 0.05) is 31.6 Å². The minimum absolute atomic E-state index is 0.0632. The van der Waals surface area contributed by atoms with Crippen molar-refractivity contribution in [2.45, 2.75) is 71.0 Å². The fourth-order valence-corrected chi connectivity index (χ4v) is 5.85. The number of nitrogens with zero attached hydrogens (tertiary/aromatic N) is 2. The third kappa shape index (κ3) is 9.34. The van der Waals surface area contributed by atoms with Gasteiger partial charge in [0.15, 0.2) is 5.78 Å². The van der Waals surface area contributed by atoms with Gasteiger partial charge in [-0.05, 0) is 69.4 Å². The van der Waals surface area contributed by atoms with Crippen molar-refractivity contribution in [1.29, 1.82) is 0 Å². The average molecular weight is 599 g/mol. The maximum atomic E-state index is 13.0. The predicted octanol–water partition coefficient (Wildman–Crippen LogP) is 7.08. The van der Waals surface area contributed by atoms with E-state index in [2.05, 4.69) is 72.2 Å². The van der Waals surface area contributed by atoms with Crippen LogP contribution in [0.2, 0.25) is 0 Å². The van der Waals surface area contributed by atoms with E-state index in [1.807, 2.05) is 50.2 Å². The van der Waals surface area contributed by atoms with Crippen LogP contribution in [0.15, 0.2) is 84.9 Å². The molecule has 1 aliphatic heterocycles. The molecule has 0 aliphatic carbocycles. The molecule has 44 heavy (non-hydrogen) atoms. The maximum Gasteiger partial charge on any atom is 0.316 e. The van der Waals surface area contributed by atoms with Crippen molar-refractivity contribution < 1.29 is 19.1 Å². The Morgan fingerprint density at radius 3 is 1.98 bits per heavy atom. The number of hydrogen-bond acceptors (Lipinski definition) is 6. The lowest BCUT2D eigenvalue weighted by Crippen LogP contribution is -2.38. The number of benzene rings is 3. The Balaban J connectivity index is 1.20. The van der Waals surface area contributed by atoms with E-state index < -0.39 is 5.41 Å². The number of rotatable bonds is 16. The topological polar surface area (TPSA) is 59.1 Å². The van der Waals surface area contributed by atoms with Crippen LogP contribution in [0.1, 0.15) is 86.5 Å². The summed E-state index contributed by atoms with van der Waals surface area (Å²) in [5.74, 6) is -0.100. The number of piperidine rings is 1. The number of ether oxygens (including phenoxy) is 2. The Morgan fingerprint density at radius 1 is 0.864 bits per heavy atom. The molecule has 1 heterocycles. The molecule has 3 aromatic carbocycles. The summed E-state index contributed by atoms with van der Waals surface area (Å²) < 4.78 is 12.3. The van der Waals surface area contributed by atoms with Gasteiger partial charge in [-0.3, -0.25) is 9.59 Å². The summed E-state index contributed by atoms with van der Waals surface area (Å²) in [7, 11) is 0. The molecular formula is C38H50N2O4. The van der Waals surface area contributed by atoms with Crippen molar-refractivity contribution in [2.24, 2.45) is 0 Å². The van der Waals surface area contributed by atoms with Crippen LogP contribution in [0.25, 0.3) is 0 Å². The van der Waals surface area contributed by atoms with Crippen LogP contribution in [0.3, 0.4) is 0 Å². The molecule has 6 heteroatoms. The molecule has 0 bridgehead atoms. The minimum Gasteiger partial charge on any atom is -0.464 e. The van der Waals surface area contributed by atoms with Gasteiger partial charge < -0.3 is 19.3 Å². The Bertz CT molecular complexity index is 1240. The van der Waals surface area contributed by atoms with E-state index >= 15 is 0 Å². The Morgan fingerprint density at radius 2 is 1.43 bits per heavy atom. The molecule has 0 atom stereocenters. The van der Waals surface area contributed by atoms with Gasteiger partial charge in [-0.2, -0.15) is 0 Å². The fraction of sp³-hybridized carbons (Fsp3) is 0.474. The van der Waals surface area contributed by atoms with Crippen molar-refractivity contribution in [2.75, 3.05) is 45.9 Å². The van der Waals surface area contributed by atoms with E-state index in [-0.39, 0.29) is 24.0 Å². The van der Waals surface area contributed by atoms with Crippen LogP contribution in [-0.2, 0) is 19.7 Å². The van der Waals surface area contributed by atoms with Crippen molar-refractivity contribution >= 4 is 11.8 Å². The summed E-state index contributed by atoms with van der Waals surface area (Å²) in [4.78, 5) is 30.4. The van der Waals surface area contributed by atoms with E-state index in [0.717, 1.165) is 64.1 Å². The molecule has 0 N–H and O–H groups in total. The van der Waals surface area contributed by atoms with Gasteiger partial charge in [0.2, 0.25) is 0 Å². The second-order valence-corrected chi connectivity index (χ2v) is 12.3. The van der Waals surface area contributed by atoms with Gasteiger partial charge in [-0.1, -0.05) is 98.8 Å². The molecule has 0 unspecified atom stereocenters. The number of likely N-dealkylation sites (tertiary alicyclic amines) is 1. The maximum absolute atomic E-state index is 13.0. The molecule has 0 amide bonds. The molecule has 3 aromatic rings. The van der Waals surface area contributed by atoms with Crippen LogP contribution >= 0.6 is 0 Å².